The van der Waals surface area contributed by atoms with Gasteiger partial charge in [-0.3, -0.25) is 0 Å². The fraction of sp³-hybridized carbons (Fsp3) is 0.286. The van der Waals surface area contributed by atoms with E-state index in [1.165, 1.54) is 64.4 Å². The zero-order chi connectivity index (χ0) is 54.5. The summed E-state index contributed by atoms with van der Waals surface area (Å²) < 4.78 is 0. The van der Waals surface area contributed by atoms with Gasteiger partial charge in [-0.1, -0.05) is 221 Å². The van der Waals surface area contributed by atoms with Crippen LogP contribution >= 0.6 is 26.0 Å². The number of halogens is 1. The van der Waals surface area contributed by atoms with Gasteiger partial charge in [0.2, 0.25) is 0 Å². The number of likely N-dealkylation sites (N-methyl/N-ethyl adjacent to an activating group) is 1. The molecule has 0 aromatic heterocycles. The summed E-state index contributed by atoms with van der Waals surface area (Å²) in [4.78, 5) is 11.0. The first kappa shape index (κ1) is 62.2. The fourth-order valence-corrected chi connectivity index (χ4v) is 13.4. The van der Waals surface area contributed by atoms with Crippen molar-refractivity contribution in [2.45, 2.75) is 124 Å². The highest BCUT2D eigenvalue weighted by molar-refractivity contribution is 9.09. The van der Waals surface area contributed by atoms with Gasteiger partial charge in [0.1, 0.15) is 0 Å². The molecule has 0 saturated heterocycles. The van der Waals surface area contributed by atoms with Crippen LogP contribution in [0.15, 0.2) is 296 Å². The third-order valence-electron chi connectivity index (χ3n) is 12.3. The lowest BCUT2D eigenvalue weighted by molar-refractivity contribution is 0.481. The normalized spacial score (nSPS) is 21.2. The zero-order valence-electron chi connectivity index (χ0n) is 47.1. The average molecular weight is 1070 g/mol. The zero-order valence-corrected chi connectivity index (χ0v) is 49.5. The van der Waals surface area contributed by atoms with Gasteiger partial charge in [-0.25, -0.2) is 0 Å². The number of allylic oxidation sites excluding steroid dienone is 32. The number of hydrogen-bond acceptors (Lipinski definition) is 2. The Hall–Kier alpha value is -6.07. The maximum absolute atomic E-state index is 4.13. The van der Waals surface area contributed by atoms with E-state index in [9.17, 15) is 0 Å². The molecule has 1 heterocycles. The van der Waals surface area contributed by atoms with Crippen molar-refractivity contribution in [1.82, 2.24) is 9.80 Å². The Morgan fingerprint density at radius 2 is 1.55 bits per heavy atom. The van der Waals surface area contributed by atoms with E-state index in [4.69, 9.17) is 0 Å². The van der Waals surface area contributed by atoms with Crippen LogP contribution in [-0.2, 0) is 0 Å². The summed E-state index contributed by atoms with van der Waals surface area (Å²) in [5.41, 5.74) is 13.9. The van der Waals surface area contributed by atoms with Gasteiger partial charge in [0.25, 0.3) is 0 Å². The summed E-state index contributed by atoms with van der Waals surface area (Å²) >= 11 is 3.27. The highest BCUT2D eigenvalue weighted by Gasteiger charge is 2.46. The Morgan fingerprint density at radius 3 is 2.20 bits per heavy atom. The van der Waals surface area contributed by atoms with Gasteiger partial charge < -0.3 is 9.80 Å². The van der Waals surface area contributed by atoms with Crippen LogP contribution in [0.1, 0.15) is 114 Å². The predicted octanol–water partition coefficient (Wildman–Crippen LogP) is 21.4. The Morgan fingerprint density at radius 1 is 0.824 bits per heavy atom. The first-order valence-corrected chi connectivity index (χ1v) is 29.2. The maximum Gasteiger partial charge on any atom is 0.0447 e. The van der Waals surface area contributed by atoms with Crippen LogP contribution in [0.25, 0.3) is 0 Å². The number of fused-ring (bicyclic) bond motifs is 2. The van der Waals surface area contributed by atoms with E-state index in [-0.39, 0.29) is 0 Å². The molecule has 0 radical (unpaired) electrons. The minimum absolute atomic E-state index is 0.646. The molecule has 5 aliphatic rings. The van der Waals surface area contributed by atoms with Crippen LogP contribution in [0.5, 0.6) is 0 Å². The highest BCUT2D eigenvalue weighted by Crippen LogP contribution is 2.80. The molecule has 4 aliphatic carbocycles. The van der Waals surface area contributed by atoms with Crippen molar-refractivity contribution in [3.8, 4) is 0 Å². The van der Waals surface area contributed by atoms with Crippen molar-refractivity contribution in [2.75, 3.05) is 13.6 Å². The van der Waals surface area contributed by atoms with Crippen LogP contribution in [0.4, 0.5) is 0 Å². The Labute approximate surface area is 461 Å². The molecule has 1 atom stereocenters. The van der Waals surface area contributed by atoms with E-state index in [0.29, 0.717) is 4.83 Å². The van der Waals surface area contributed by atoms with E-state index < -0.39 is 10.0 Å². The van der Waals surface area contributed by atoms with Gasteiger partial charge in [-0.05, 0) is 161 Å². The van der Waals surface area contributed by atoms with Gasteiger partial charge in [-0.2, -0.15) is 0 Å². The van der Waals surface area contributed by atoms with Crippen LogP contribution in [0.3, 0.4) is 0 Å². The summed E-state index contributed by atoms with van der Waals surface area (Å²) in [7, 11) is 0.162. The summed E-state index contributed by atoms with van der Waals surface area (Å²) in [6.45, 7) is 38.0. The lowest BCUT2D eigenvalue weighted by Crippen LogP contribution is -2.25. The first-order chi connectivity index (χ1) is 35.8. The Kier molecular flexibility index (Phi) is 28.3. The van der Waals surface area contributed by atoms with E-state index in [1.807, 2.05) is 50.3 Å². The number of nitrogens with zero attached hydrogens (tertiary/aromatic N) is 2. The third-order valence-corrected chi connectivity index (χ3v) is 16.4. The largest absolute Gasteiger partial charge is 0.345 e. The van der Waals surface area contributed by atoms with Crippen molar-refractivity contribution < 1.29 is 0 Å². The van der Waals surface area contributed by atoms with E-state index in [2.05, 4.69) is 266 Å². The van der Waals surface area contributed by atoms with Crippen molar-refractivity contribution in [3.63, 3.8) is 0 Å². The molecule has 1 aromatic carbocycles. The highest BCUT2D eigenvalue weighted by atomic mass is 79.9. The first-order valence-electron chi connectivity index (χ1n) is 26.7. The Bertz CT molecular complexity index is 2690. The van der Waals surface area contributed by atoms with Crippen molar-refractivity contribution in [1.29, 1.82) is 0 Å². The topological polar surface area (TPSA) is 6.48 Å². The van der Waals surface area contributed by atoms with Gasteiger partial charge in [0, 0.05) is 55.9 Å². The second-order valence-electron chi connectivity index (χ2n) is 18.3. The lowest BCUT2D eigenvalue weighted by atomic mass is 9.98. The summed E-state index contributed by atoms with van der Waals surface area (Å²) in [5.74, 6) is 0. The maximum atomic E-state index is 4.13. The standard InChI is InChI=1S/C56H66N2S.C9H10.C3H7Br.C2H6/c1-11-17-32-51(16-6)59(52-33-19-18-20-34-52)55-40-48(57(10)47(15-5)38-43(7)14-4)31-25-36-54(55)53-35-24-23-30-50(41-56(53)59)58(42-46-29-22-21-28-45(9)37-46)49(27-13-3)39-44(8)26-12-2;1-2-9-7-5-3-4-6-8-9;1-3(2)4;1-2/h11-12,14-22,25,27-28,30-35,37-41H,1-2,4,13,23-24,26,29,36,42H2,3,5-10H3;2-5,7-8H,1,6H2;3H,1-2H3;1-2H3/b32-17-,43-38-,44-39-,47-15+,49-27+,50-30?,51-16+,53-35-,56-41+;;;. The van der Waals surface area contributed by atoms with Crippen molar-refractivity contribution >= 4 is 26.0 Å². The molecule has 1 aliphatic heterocycles. The monoisotopic (exact) mass is 1070 g/mol. The van der Waals surface area contributed by atoms with Crippen LogP contribution < -0.4 is 0 Å². The quantitative estimate of drug-likeness (QED) is 0.0871. The molecular weight excluding hydrogens is 981 g/mol. The molecule has 6 rings (SSSR count). The predicted molar refractivity (Wildman–Crippen MR) is 339 cm³/mol. The van der Waals surface area contributed by atoms with E-state index >= 15 is 0 Å². The van der Waals surface area contributed by atoms with Crippen LogP contribution in [-0.4, -0.2) is 28.2 Å². The number of benzene rings is 1. The molecule has 0 saturated carbocycles. The Balaban J connectivity index is 0.000000835. The minimum Gasteiger partial charge on any atom is -0.345 e. The van der Waals surface area contributed by atoms with Gasteiger partial charge >= 0.3 is 0 Å². The van der Waals surface area contributed by atoms with E-state index in [0.717, 1.165) is 68.5 Å². The van der Waals surface area contributed by atoms with Gasteiger partial charge in [-0.15, -0.1) is 16.6 Å². The molecule has 1 aromatic rings. The summed E-state index contributed by atoms with van der Waals surface area (Å²) in [6, 6.07) is 11.3. The molecule has 2 nitrogen and oxygen atoms in total. The molecule has 0 amide bonds. The smallest absolute Gasteiger partial charge is 0.0447 e. The second-order valence-corrected chi connectivity index (χ2v) is 23.2. The second kappa shape index (κ2) is 33.7. The average Bonchev–Trinajstić information content (AvgIpc) is 3.78. The van der Waals surface area contributed by atoms with E-state index in [1.54, 1.807) is 0 Å². The molecule has 0 spiro atoms. The minimum atomic E-state index is -2.02. The van der Waals surface area contributed by atoms with Gasteiger partial charge in [0.05, 0.1) is 0 Å². The van der Waals surface area contributed by atoms with Crippen LogP contribution in [0, 0.1) is 0 Å². The molecule has 4 heteroatoms. The number of rotatable bonds is 17. The number of alkyl halides is 1. The molecule has 1 unspecified atom stereocenters. The molecule has 0 bridgehead atoms. The molecule has 0 fully saturated rings. The third kappa shape index (κ3) is 17.8. The van der Waals surface area contributed by atoms with Crippen LogP contribution in [0.2, 0.25) is 0 Å². The number of hydrogen-bond donors (Lipinski definition) is 0. The van der Waals surface area contributed by atoms with Crippen molar-refractivity contribution in [2.24, 2.45) is 0 Å². The summed E-state index contributed by atoms with van der Waals surface area (Å²) in [5, 5.41) is 0. The summed E-state index contributed by atoms with van der Waals surface area (Å²) in [6.07, 6.45) is 64.4. The van der Waals surface area contributed by atoms with Crippen molar-refractivity contribution in [3.05, 3.63) is 291 Å². The molecular formula is C70H89BrN2S. The lowest BCUT2D eigenvalue weighted by Gasteiger charge is -2.43. The molecule has 392 valence electrons. The SMILES string of the molecule is C=C/C=C\C(=C/C)S1(c2ccccc2)C2=C(CC=CC(N(C)C(/C=C(/C)C=C)=C/C)=C2)C2=C/CCC=C(N(CC3=CC(C)=CC=CC3)C(/C=C(/C)CC=C)=C/CC)/C=C\21.C=CC1=CCC=CC=C1.CC.CC(C)Br. The molecule has 74 heavy (non-hydrogen) atoms. The fourth-order valence-electron chi connectivity index (χ4n) is 8.93. The van der Waals surface area contributed by atoms with Gasteiger partial charge in [0.15, 0.2) is 0 Å². The molecule has 0 N–H and O–H groups in total.